The Hall–Kier alpha value is -2.85. The molecule has 2 aromatic carbocycles. The summed E-state index contributed by atoms with van der Waals surface area (Å²) in [5, 5.41) is 0. The number of nitrogens with zero attached hydrogens (tertiary/aromatic N) is 1. The molecule has 0 unspecified atom stereocenters. The number of hydrogen-bond donors (Lipinski definition) is 0. The molecule has 1 aromatic heterocycles. The molecule has 1 saturated heterocycles. The van der Waals surface area contributed by atoms with E-state index in [2.05, 4.69) is 32.8 Å². The topological polar surface area (TPSA) is 49.8 Å². The van der Waals surface area contributed by atoms with Gasteiger partial charge in [-0.2, -0.15) is 0 Å². The van der Waals surface area contributed by atoms with E-state index < -0.39 is 6.29 Å². The van der Waals surface area contributed by atoms with Crippen LogP contribution in [-0.2, 0) is 16.1 Å². The largest absolute Gasteiger partial charge is 0.497 e. The van der Waals surface area contributed by atoms with Crippen molar-refractivity contribution in [3.05, 3.63) is 87.7 Å². The maximum atomic E-state index is 6.13. The van der Waals surface area contributed by atoms with Crippen LogP contribution in [0.1, 0.15) is 28.5 Å². The van der Waals surface area contributed by atoms with Gasteiger partial charge in [0, 0.05) is 17.3 Å². The Morgan fingerprint density at radius 2 is 1.87 bits per heavy atom. The Kier molecular flexibility index (Phi) is 6.65. The van der Waals surface area contributed by atoms with Gasteiger partial charge in [-0.3, -0.25) is 0 Å². The van der Waals surface area contributed by atoms with Gasteiger partial charge in [-0.15, -0.1) is 0 Å². The summed E-state index contributed by atoms with van der Waals surface area (Å²) in [7, 11) is 1.65. The Balaban J connectivity index is 1.62. The summed E-state index contributed by atoms with van der Waals surface area (Å²) >= 11 is 3.37. The zero-order valence-electron chi connectivity index (χ0n) is 16.4. The average Bonchev–Trinajstić information content (AvgIpc) is 3.31. The standard InChI is InChI=1S/C24H20BrNO4/c1-27-20-9-6-18(7-10-20)16-30-21-4-2-3-19(23(21)24-28-13-14-29-24)8-5-17-11-12-26-22(25)15-17/h2-4,6-7,9-12,15,24H,13-14,16H2,1H3. The molecule has 0 radical (unpaired) electrons. The number of methoxy groups -OCH3 is 1. The van der Waals surface area contributed by atoms with Gasteiger partial charge in [-0.05, 0) is 57.9 Å². The smallest absolute Gasteiger partial charge is 0.188 e. The lowest BCUT2D eigenvalue weighted by molar-refractivity contribution is -0.0460. The molecule has 1 fully saturated rings. The van der Waals surface area contributed by atoms with Gasteiger partial charge in [0.2, 0.25) is 0 Å². The summed E-state index contributed by atoms with van der Waals surface area (Å²) < 4.78 is 23.6. The monoisotopic (exact) mass is 465 g/mol. The molecule has 1 aliphatic rings. The van der Waals surface area contributed by atoms with E-state index in [0.29, 0.717) is 25.6 Å². The fourth-order valence-corrected chi connectivity index (χ4v) is 3.41. The van der Waals surface area contributed by atoms with Crippen LogP contribution in [0.5, 0.6) is 11.5 Å². The van der Waals surface area contributed by atoms with Crippen LogP contribution in [0.2, 0.25) is 0 Å². The van der Waals surface area contributed by atoms with Crippen LogP contribution in [0.25, 0.3) is 0 Å². The fraction of sp³-hybridized carbons (Fsp3) is 0.208. The van der Waals surface area contributed by atoms with Crippen molar-refractivity contribution in [3.8, 4) is 23.3 Å². The van der Waals surface area contributed by atoms with Crippen LogP contribution < -0.4 is 9.47 Å². The molecule has 0 atom stereocenters. The zero-order valence-corrected chi connectivity index (χ0v) is 18.0. The van der Waals surface area contributed by atoms with Gasteiger partial charge in [0.25, 0.3) is 0 Å². The Morgan fingerprint density at radius 1 is 1.07 bits per heavy atom. The van der Waals surface area contributed by atoms with Crippen molar-refractivity contribution in [1.29, 1.82) is 0 Å². The number of halogens is 1. The molecule has 0 spiro atoms. The van der Waals surface area contributed by atoms with E-state index in [1.165, 1.54) is 0 Å². The molecule has 2 heterocycles. The van der Waals surface area contributed by atoms with Crippen LogP contribution in [0.4, 0.5) is 0 Å². The quantitative estimate of drug-likeness (QED) is 0.397. The average molecular weight is 466 g/mol. The molecule has 1 aliphatic heterocycles. The third-order valence-electron chi connectivity index (χ3n) is 4.55. The van der Waals surface area contributed by atoms with E-state index in [9.17, 15) is 0 Å². The van der Waals surface area contributed by atoms with E-state index in [1.807, 2.05) is 54.6 Å². The minimum Gasteiger partial charge on any atom is -0.497 e. The first-order valence-corrected chi connectivity index (χ1v) is 10.3. The molecule has 152 valence electrons. The van der Waals surface area contributed by atoms with Crippen molar-refractivity contribution >= 4 is 15.9 Å². The maximum Gasteiger partial charge on any atom is 0.188 e. The molecule has 6 heteroatoms. The molecule has 5 nitrogen and oxygen atoms in total. The predicted molar refractivity (Wildman–Crippen MR) is 116 cm³/mol. The van der Waals surface area contributed by atoms with Crippen LogP contribution in [0.15, 0.2) is 65.4 Å². The summed E-state index contributed by atoms with van der Waals surface area (Å²) in [6, 6.07) is 17.3. The molecule has 0 N–H and O–H groups in total. The number of aromatic nitrogens is 1. The van der Waals surface area contributed by atoms with Gasteiger partial charge in [-0.25, -0.2) is 4.98 Å². The van der Waals surface area contributed by atoms with Gasteiger partial charge >= 0.3 is 0 Å². The first-order chi connectivity index (χ1) is 14.7. The number of benzene rings is 2. The van der Waals surface area contributed by atoms with Gasteiger partial charge in [0.1, 0.15) is 22.7 Å². The Morgan fingerprint density at radius 3 is 2.60 bits per heavy atom. The minimum absolute atomic E-state index is 0.415. The van der Waals surface area contributed by atoms with Gasteiger partial charge in [-0.1, -0.05) is 30.0 Å². The normalized spacial score (nSPS) is 13.5. The molecule has 4 rings (SSSR count). The number of rotatable bonds is 5. The van der Waals surface area contributed by atoms with Crippen molar-refractivity contribution < 1.29 is 18.9 Å². The van der Waals surface area contributed by atoms with Crippen molar-refractivity contribution in [2.75, 3.05) is 20.3 Å². The molecule has 0 amide bonds. The Labute approximate surface area is 184 Å². The lowest BCUT2D eigenvalue weighted by Gasteiger charge is -2.17. The van der Waals surface area contributed by atoms with Crippen molar-refractivity contribution in [1.82, 2.24) is 4.98 Å². The Bertz CT molecular complexity index is 1070. The molecular weight excluding hydrogens is 446 g/mol. The molecule has 30 heavy (non-hydrogen) atoms. The van der Waals surface area contributed by atoms with Crippen LogP contribution in [0.3, 0.4) is 0 Å². The highest BCUT2D eigenvalue weighted by molar-refractivity contribution is 9.10. The molecule has 0 bridgehead atoms. The summed E-state index contributed by atoms with van der Waals surface area (Å²) in [4.78, 5) is 4.13. The lowest BCUT2D eigenvalue weighted by Crippen LogP contribution is -2.06. The first-order valence-electron chi connectivity index (χ1n) is 9.48. The SMILES string of the molecule is COc1ccc(COc2cccc(C#Cc3ccnc(Br)c3)c2C2OCCO2)cc1. The van der Waals surface area contributed by atoms with Crippen molar-refractivity contribution in [3.63, 3.8) is 0 Å². The summed E-state index contributed by atoms with van der Waals surface area (Å²) in [5.41, 5.74) is 3.51. The molecule has 3 aromatic rings. The van der Waals surface area contributed by atoms with Gasteiger partial charge < -0.3 is 18.9 Å². The molecule has 0 saturated carbocycles. The van der Waals surface area contributed by atoms with Crippen LogP contribution >= 0.6 is 15.9 Å². The van der Waals surface area contributed by atoms with E-state index in [1.54, 1.807) is 13.3 Å². The second kappa shape index (κ2) is 9.77. The number of ether oxygens (including phenoxy) is 4. The highest BCUT2D eigenvalue weighted by Crippen LogP contribution is 2.34. The van der Waals surface area contributed by atoms with E-state index >= 15 is 0 Å². The zero-order chi connectivity index (χ0) is 20.8. The summed E-state index contributed by atoms with van der Waals surface area (Å²) in [6.07, 6.45) is 1.22. The van der Waals surface area contributed by atoms with Crippen molar-refractivity contribution in [2.24, 2.45) is 0 Å². The second-order valence-electron chi connectivity index (χ2n) is 6.54. The summed E-state index contributed by atoms with van der Waals surface area (Å²) in [6.45, 7) is 1.50. The third-order valence-corrected chi connectivity index (χ3v) is 4.98. The first kappa shape index (κ1) is 20.4. The number of pyridine rings is 1. The fourth-order valence-electron chi connectivity index (χ4n) is 3.05. The van der Waals surface area contributed by atoms with Gasteiger partial charge in [0.05, 0.1) is 25.9 Å². The van der Waals surface area contributed by atoms with E-state index in [-0.39, 0.29) is 0 Å². The van der Waals surface area contributed by atoms with E-state index in [4.69, 9.17) is 18.9 Å². The molecular formula is C24H20BrNO4. The molecule has 0 aliphatic carbocycles. The highest BCUT2D eigenvalue weighted by atomic mass is 79.9. The lowest BCUT2D eigenvalue weighted by atomic mass is 10.1. The van der Waals surface area contributed by atoms with Crippen LogP contribution in [0, 0.1) is 11.8 Å². The van der Waals surface area contributed by atoms with E-state index in [0.717, 1.165) is 32.6 Å². The van der Waals surface area contributed by atoms with Gasteiger partial charge in [0.15, 0.2) is 6.29 Å². The highest BCUT2D eigenvalue weighted by Gasteiger charge is 2.25. The van der Waals surface area contributed by atoms with Crippen molar-refractivity contribution in [2.45, 2.75) is 12.9 Å². The third kappa shape index (κ3) is 5.00. The van der Waals surface area contributed by atoms with Crippen LogP contribution in [-0.4, -0.2) is 25.3 Å². The number of hydrogen-bond acceptors (Lipinski definition) is 5. The summed E-state index contributed by atoms with van der Waals surface area (Å²) in [5.74, 6) is 7.92. The predicted octanol–water partition coefficient (Wildman–Crippen LogP) is 4.88. The minimum atomic E-state index is -0.495. The second-order valence-corrected chi connectivity index (χ2v) is 7.36. The maximum absolute atomic E-state index is 6.13.